The van der Waals surface area contributed by atoms with Gasteiger partial charge in [-0.25, -0.2) is 9.78 Å². The van der Waals surface area contributed by atoms with Crippen molar-refractivity contribution in [3.63, 3.8) is 0 Å². The summed E-state index contributed by atoms with van der Waals surface area (Å²) >= 11 is 0. The lowest BCUT2D eigenvalue weighted by atomic mass is 10.2. The van der Waals surface area contributed by atoms with Crippen molar-refractivity contribution >= 4 is 17.0 Å². The molecule has 0 fully saturated rings. The van der Waals surface area contributed by atoms with Crippen molar-refractivity contribution in [3.8, 4) is 11.4 Å². The van der Waals surface area contributed by atoms with Crippen molar-refractivity contribution in [1.82, 2.24) is 25.1 Å². The Labute approximate surface area is 161 Å². The number of halogens is 3. The van der Waals surface area contributed by atoms with Gasteiger partial charge in [-0.3, -0.25) is 4.98 Å². The number of alkyl halides is 3. The molecule has 0 aliphatic carbocycles. The number of carbonyl (C=O) groups is 1. The summed E-state index contributed by atoms with van der Waals surface area (Å²) in [7, 11) is 0. The van der Waals surface area contributed by atoms with Crippen molar-refractivity contribution in [2.24, 2.45) is 0 Å². The normalized spacial score (nSPS) is 11.1. The second kappa shape index (κ2) is 8.50. The molecule has 1 aromatic carbocycles. The Hall–Kier alpha value is -3.76. The van der Waals surface area contributed by atoms with E-state index in [1.807, 2.05) is 36.4 Å². The average Bonchev–Trinajstić information content (AvgIpc) is 3.33. The number of benzene rings is 1. The summed E-state index contributed by atoms with van der Waals surface area (Å²) in [4.78, 5) is 25.1. The Kier molecular flexibility index (Phi) is 5.86. The predicted octanol–water partition coefficient (Wildman–Crippen LogP) is 3.43. The summed E-state index contributed by atoms with van der Waals surface area (Å²) in [6.45, 7) is 0. The van der Waals surface area contributed by atoms with Crippen LogP contribution < -0.4 is 0 Å². The molecule has 0 amide bonds. The molecule has 0 unspecified atom stereocenters. The first kappa shape index (κ1) is 20.0. The number of aromatic nitrogens is 5. The minimum absolute atomic E-state index is 0.585. The highest BCUT2D eigenvalue weighted by atomic mass is 19.4. The van der Waals surface area contributed by atoms with Crippen LogP contribution in [0, 0.1) is 0 Å². The van der Waals surface area contributed by atoms with Crippen molar-refractivity contribution in [2.75, 3.05) is 0 Å². The van der Waals surface area contributed by atoms with E-state index < -0.39 is 12.1 Å². The summed E-state index contributed by atoms with van der Waals surface area (Å²) in [5.74, 6) is -0.647. The molecule has 3 aromatic heterocycles. The number of aromatic amines is 1. The molecule has 0 radical (unpaired) electrons. The summed E-state index contributed by atoms with van der Waals surface area (Å²) in [6, 6.07) is 11.7. The number of H-pyrrole nitrogens is 1. The van der Waals surface area contributed by atoms with Crippen LogP contribution >= 0.6 is 0 Å². The van der Waals surface area contributed by atoms with Crippen molar-refractivity contribution in [1.29, 1.82) is 0 Å². The number of aryl methyl sites for hydroxylation is 2. The van der Waals surface area contributed by atoms with Gasteiger partial charge in [0.1, 0.15) is 5.82 Å². The fourth-order valence-electron chi connectivity index (χ4n) is 2.32. The van der Waals surface area contributed by atoms with Gasteiger partial charge >= 0.3 is 12.1 Å². The van der Waals surface area contributed by atoms with Crippen LogP contribution in [0.2, 0.25) is 0 Å². The van der Waals surface area contributed by atoms with Gasteiger partial charge in [0.05, 0.1) is 11.0 Å². The highest BCUT2D eigenvalue weighted by Gasteiger charge is 2.38. The zero-order valence-electron chi connectivity index (χ0n) is 14.7. The molecular formula is C18H14F3N5O3. The van der Waals surface area contributed by atoms with Crippen LogP contribution in [0.15, 0.2) is 53.3 Å². The number of pyridine rings is 1. The maximum atomic E-state index is 10.6. The number of hydrogen-bond donors (Lipinski definition) is 2. The van der Waals surface area contributed by atoms with Crippen LogP contribution in [-0.4, -0.2) is 42.3 Å². The molecule has 0 spiro atoms. The third-order valence-corrected chi connectivity index (χ3v) is 3.66. The summed E-state index contributed by atoms with van der Waals surface area (Å²) in [5.41, 5.74) is 2.91. The van der Waals surface area contributed by atoms with Crippen molar-refractivity contribution in [3.05, 3.63) is 60.5 Å². The maximum Gasteiger partial charge on any atom is 0.490 e. The SMILES string of the molecule is O=C(O)C(F)(F)F.c1ccc2[nH]c(CCc3nc(-c4ccncc4)no3)nc2c1. The van der Waals surface area contributed by atoms with Gasteiger partial charge in [0, 0.05) is 30.8 Å². The second-order valence-corrected chi connectivity index (χ2v) is 5.75. The Morgan fingerprint density at radius 3 is 2.41 bits per heavy atom. The molecule has 11 heteroatoms. The molecule has 4 aromatic rings. The van der Waals surface area contributed by atoms with E-state index in [2.05, 4.69) is 25.1 Å². The number of rotatable bonds is 4. The topological polar surface area (TPSA) is 118 Å². The molecule has 0 bridgehead atoms. The van der Waals surface area contributed by atoms with E-state index in [4.69, 9.17) is 14.4 Å². The van der Waals surface area contributed by atoms with Crippen molar-refractivity contribution in [2.45, 2.75) is 19.0 Å². The Bertz CT molecular complexity index is 1060. The molecule has 0 aliphatic heterocycles. The molecule has 8 nitrogen and oxygen atoms in total. The highest BCUT2D eigenvalue weighted by molar-refractivity contribution is 5.74. The Morgan fingerprint density at radius 1 is 1.07 bits per heavy atom. The number of hydrogen-bond acceptors (Lipinski definition) is 6. The summed E-state index contributed by atoms with van der Waals surface area (Å²) in [6.07, 6.45) is -0.288. The molecule has 0 saturated heterocycles. The van der Waals surface area contributed by atoms with Gasteiger partial charge in [-0.2, -0.15) is 18.2 Å². The minimum atomic E-state index is -5.08. The van der Waals surface area contributed by atoms with Crippen LogP contribution in [0.1, 0.15) is 11.7 Å². The van der Waals surface area contributed by atoms with E-state index in [0.29, 0.717) is 18.1 Å². The number of carboxylic acid groups (broad SMARTS) is 1. The quantitative estimate of drug-likeness (QED) is 0.534. The van der Waals surface area contributed by atoms with Crippen LogP contribution in [0.25, 0.3) is 22.4 Å². The second-order valence-electron chi connectivity index (χ2n) is 5.75. The van der Waals surface area contributed by atoms with Gasteiger partial charge in [0.25, 0.3) is 0 Å². The third kappa shape index (κ3) is 5.37. The molecule has 2 N–H and O–H groups in total. The average molecular weight is 405 g/mol. The zero-order valence-corrected chi connectivity index (χ0v) is 14.7. The van der Waals surface area contributed by atoms with Crippen molar-refractivity contribution < 1.29 is 27.6 Å². The number of nitrogens with one attached hydrogen (secondary N) is 1. The van der Waals surface area contributed by atoms with E-state index in [-0.39, 0.29) is 0 Å². The first-order valence-corrected chi connectivity index (χ1v) is 8.29. The predicted molar refractivity (Wildman–Crippen MR) is 94.7 cm³/mol. The van der Waals surface area contributed by atoms with Gasteiger partial charge in [-0.15, -0.1) is 0 Å². The maximum absolute atomic E-state index is 10.6. The molecule has 0 atom stereocenters. The van der Waals surface area contributed by atoms with E-state index in [1.54, 1.807) is 12.4 Å². The van der Waals surface area contributed by atoms with Gasteiger partial charge < -0.3 is 14.6 Å². The monoisotopic (exact) mass is 405 g/mol. The first-order valence-electron chi connectivity index (χ1n) is 8.29. The van der Waals surface area contributed by atoms with Crippen LogP contribution in [0.5, 0.6) is 0 Å². The zero-order chi connectivity index (χ0) is 20.9. The first-order chi connectivity index (χ1) is 13.8. The van der Waals surface area contributed by atoms with Crippen LogP contribution in [0.3, 0.4) is 0 Å². The number of para-hydroxylation sites is 2. The van der Waals surface area contributed by atoms with Crippen LogP contribution in [0.4, 0.5) is 13.2 Å². The summed E-state index contributed by atoms with van der Waals surface area (Å²) in [5, 5.41) is 11.1. The Morgan fingerprint density at radius 2 is 1.76 bits per heavy atom. The molecule has 0 saturated carbocycles. The number of aliphatic carboxylic acids is 1. The summed E-state index contributed by atoms with van der Waals surface area (Å²) < 4.78 is 37.0. The standard InChI is InChI=1S/C16H13N5O.C2HF3O2/c1-2-4-13-12(3-1)18-14(19-13)5-6-15-20-16(21-22-15)11-7-9-17-10-8-11;3-2(4,5)1(6)7/h1-4,7-10H,5-6H2,(H,18,19);(H,6,7). The largest absolute Gasteiger partial charge is 0.490 e. The smallest absolute Gasteiger partial charge is 0.475 e. The van der Waals surface area contributed by atoms with E-state index in [1.165, 1.54) is 0 Å². The molecular weight excluding hydrogens is 391 g/mol. The number of imidazole rings is 1. The van der Waals surface area contributed by atoms with Gasteiger partial charge in [0.15, 0.2) is 0 Å². The van der Waals surface area contributed by atoms with Gasteiger partial charge in [0.2, 0.25) is 11.7 Å². The van der Waals surface area contributed by atoms with Gasteiger partial charge in [-0.1, -0.05) is 17.3 Å². The molecule has 29 heavy (non-hydrogen) atoms. The van der Waals surface area contributed by atoms with Crippen LogP contribution in [-0.2, 0) is 17.6 Å². The fraction of sp³-hybridized carbons (Fsp3) is 0.167. The molecule has 0 aliphatic rings. The lowest BCUT2D eigenvalue weighted by molar-refractivity contribution is -0.192. The fourth-order valence-corrected chi connectivity index (χ4v) is 2.32. The van der Waals surface area contributed by atoms with E-state index in [0.717, 1.165) is 28.8 Å². The van der Waals surface area contributed by atoms with E-state index in [9.17, 15) is 13.2 Å². The highest BCUT2D eigenvalue weighted by Crippen LogP contribution is 2.16. The van der Waals surface area contributed by atoms with Gasteiger partial charge in [-0.05, 0) is 24.3 Å². The molecule has 150 valence electrons. The number of fused-ring (bicyclic) bond motifs is 1. The van der Waals surface area contributed by atoms with E-state index >= 15 is 0 Å². The number of carboxylic acids is 1. The lowest BCUT2D eigenvalue weighted by Gasteiger charge is -1.93. The third-order valence-electron chi connectivity index (χ3n) is 3.66. The Balaban J connectivity index is 0.000000298. The molecule has 3 heterocycles. The number of nitrogens with zero attached hydrogens (tertiary/aromatic N) is 4. The molecule has 4 rings (SSSR count). The lowest BCUT2D eigenvalue weighted by Crippen LogP contribution is -2.21. The minimum Gasteiger partial charge on any atom is -0.475 e.